The molecule has 0 radical (unpaired) electrons. The van der Waals surface area contributed by atoms with E-state index in [9.17, 15) is 4.79 Å². The summed E-state index contributed by atoms with van der Waals surface area (Å²) < 4.78 is 1.64. The summed E-state index contributed by atoms with van der Waals surface area (Å²) in [5.41, 5.74) is 6.46. The minimum absolute atomic E-state index is 0.0517. The maximum absolute atomic E-state index is 12.2. The van der Waals surface area contributed by atoms with Crippen molar-refractivity contribution < 1.29 is 9.90 Å². The minimum Gasteiger partial charge on any atom is -0.396 e. The van der Waals surface area contributed by atoms with Crippen LogP contribution in [0.3, 0.4) is 0 Å². The molecule has 3 N–H and O–H groups in total. The fourth-order valence-electron chi connectivity index (χ4n) is 1.70. The molecule has 0 aliphatic heterocycles. The van der Waals surface area contributed by atoms with Crippen molar-refractivity contribution in [2.24, 2.45) is 0 Å². The topological polar surface area (TPSA) is 84.4 Å². The van der Waals surface area contributed by atoms with Gasteiger partial charge in [-0.15, -0.1) is 0 Å². The molecule has 0 unspecified atom stereocenters. The van der Waals surface area contributed by atoms with Crippen molar-refractivity contribution in [1.29, 1.82) is 0 Å². The lowest BCUT2D eigenvalue weighted by Crippen LogP contribution is -2.35. The molecule has 6 heteroatoms. The molecule has 6 nitrogen and oxygen atoms in total. The number of anilines is 1. The van der Waals surface area contributed by atoms with Gasteiger partial charge in [0.25, 0.3) is 5.91 Å². The highest BCUT2D eigenvalue weighted by atomic mass is 16.3. The Bertz CT molecular complexity index is 389. The minimum atomic E-state index is -0.206. The Morgan fingerprint density at radius 1 is 1.50 bits per heavy atom. The maximum atomic E-state index is 12.2. The van der Waals surface area contributed by atoms with E-state index in [-0.39, 0.29) is 18.2 Å². The number of nitrogens with two attached hydrogens (primary N) is 1. The molecule has 0 aliphatic rings. The van der Waals surface area contributed by atoms with Crippen LogP contribution in [-0.2, 0) is 6.54 Å². The van der Waals surface area contributed by atoms with Gasteiger partial charge in [0.1, 0.15) is 0 Å². The third-order valence-electron chi connectivity index (χ3n) is 2.76. The lowest BCUT2D eigenvalue weighted by molar-refractivity contribution is 0.0713. The molecule has 1 aromatic rings. The monoisotopic (exact) mass is 254 g/mol. The van der Waals surface area contributed by atoms with Crippen molar-refractivity contribution in [3.8, 4) is 0 Å². The number of unbranched alkanes of at least 4 members (excludes halogenated alkanes) is 1. The molecule has 18 heavy (non-hydrogen) atoms. The van der Waals surface area contributed by atoms with Crippen molar-refractivity contribution >= 4 is 11.6 Å². The second kappa shape index (κ2) is 7.00. The van der Waals surface area contributed by atoms with Gasteiger partial charge in [0.2, 0.25) is 0 Å². The molecular formula is C12H22N4O2. The van der Waals surface area contributed by atoms with Gasteiger partial charge in [0.05, 0.1) is 12.3 Å². The summed E-state index contributed by atoms with van der Waals surface area (Å²) in [4.78, 5) is 13.8. The molecule has 0 atom stereocenters. The summed E-state index contributed by atoms with van der Waals surface area (Å²) in [5.74, 6) is -0.206. The largest absolute Gasteiger partial charge is 0.396 e. The number of rotatable bonds is 7. The number of hydrogen-bond donors (Lipinski definition) is 2. The molecule has 0 aromatic carbocycles. The third kappa shape index (κ3) is 3.46. The van der Waals surface area contributed by atoms with E-state index < -0.39 is 0 Å². The van der Waals surface area contributed by atoms with Crippen LogP contribution in [0, 0.1) is 0 Å². The highest BCUT2D eigenvalue weighted by Crippen LogP contribution is 2.12. The van der Waals surface area contributed by atoms with Crippen LogP contribution < -0.4 is 5.73 Å². The van der Waals surface area contributed by atoms with E-state index in [1.807, 2.05) is 6.92 Å². The highest BCUT2D eigenvalue weighted by molar-refractivity contribution is 5.97. The molecule has 0 saturated heterocycles. The van der Waals surface area contributed by atoms with E-state index in [1.165, 1.54) is 0 Å². The third-order valence-corrected chi connectivity index (χ3v) is 2.76. The van der Waals surface area contributed by atoms with Crippen LogP contribution in [0.4, 0.5) is 5.69 Å². The number of nitrogens with zero attached hydrogens (tertiary/aromatic N) is 3. The number of hydrogen-bond acceptors (Lipinski definition) is 4. The normalized spacial score (nSPS) is 10.6. The number of nitrogen functional groups attached to an aromatic ring is 1. The van der Waals surface area contributed by atoms with E-state index in [2.05, 4.69) is 12.0 Å². The van der Waals surface area contributed by atoms with E-state index >= 15 is 0 Å². The Kier molecular flexibility index (Phi) is 5.64. The second-order valence-corrected chi connectivity index (χ2v) is 4.16. The predicted molar refractivity (Wildman–Crippen MR) is 70.2 cm³/mol. The Labute approximate surface area is 107 Å². The number of amides is 1. The fourth-order valence-corrected chi connectivity index (χ4v) is 1.70. The van der Waals surface area contributed by atoms with Gasteiger partial charge in [-0.05, 0) is 13.3 Å². The molecule has 0 aliphatic carbocycles. The molecule has 0 saturated carbocycles. The summed E-state index contributed by atoms with van der Waals surface area (Å²) in [6.45, 7) is 5.55. The molecule has 1 amide bonds. The van der Waals surface area contributed by atoms with Crippen molar-refractivity contribution in [3.63, 3.8) is 0 Å². The van der Waals surface area contributed by atoms with Crippen LogP contribution in [0.15, 0.2) is 6.20 Å². The quantitative estimate of drug-likeness (QED) is 0.751. The van der Waals surface area contributed by atoms with Crippen LogP contribution in [-0.4, -0.2) is 45.4 Å². The number of aliphatic hydroxyl groups is 1. The zero-order valence-corrected chi connectivity index (χ0v) is 11.1. The van der Waals surface area contributed by atoms with E-state index in [4.69, 9.17) is 10.8 Å². The first-order valence-corrected chi connectivity index (χ1v) is 6.37. The molecule has 0 spiro atoms. The number of carbonyl (C=O) groups is 1. The summed E-state index contributed by atoms with van der Waals surface area (Å²) in [5, 5.41) is 13.2. The van der Waals surface area contributed by atoms with Gasteiger partial charge in [0, 0.05) is 25.8 Å². The fraction of sp³-hybridized carbons (Fsp3) is 0.667. The maximum Gasteiger partial charge on any atom is 0.276 e. The van der Waals surface area contributed by atoms with Gasteiger partial charge in [-0.3, -0.25) is 9.48 Å². The van der Waals surface area contributed by atoms with E-state index in [0.717, 1.165) is 12.8 Å². The van der Waals surface area contributed by atoms with E-state index in [0.29, 0.717) is 25.3 Å². The summed E-state index contributed by atoms with van der Waals surface area (Å²) in [6.07, 6.45) is 3.55. The molecule has 1 heterocycles. The molecule has 1 aromatic heterocycles. The number of aryl methyl sites for hydroxylation is 1. The Morgan fingerprint density at radius 3 is 2.72 bits per heavy atom. The van der Waals surface area contributed by atoms with Crippen molar-refractivity contribution in [2.45, 2.75) is 33.2 Å². The highest BCUT2D eigenvalue weighted by Gasteiger charge is 2.20. The number of aliphatic hydroxyl groups excluding tert-OH is 1. The number of carbonyl (C=O) groups excluding carboxylic acids is 1. The summed E-state index contributed by atoms with van der Waals surface area (Å²) in [6, 6.07) is 0. The summed E-state index contributed by atoms with van der Waals surface area (Å²) in [7, 11) is 0. The second-order valence-electron chi connectivity index (χ2n) is 4.16. The lowest BCUT2D eigenvalue weighted by Gasteiger charge is -2.20. The van der Waals surface area contributed by atoms with Crippen LogP contribution in [0.25, 0.3) is 0 Å². The van der Waals surface area contributed by atoms with Gasteiger partial charge in [0.15, 0.2) is 5.69 Å². The molecular weight excluding hydrogens is 232 g/mol. The van der Waals surface area contributed by atoms with Crippen LogP contribution in [0.5, 0.6) is 0 Å². The van der Waals surface area contributed by atoms with Gasteiger partial charge in [-0.2, -0.15) is 5.10 Å². The average molecular weight is 254 g/mol. The van der Waals surface area contributed by atoms with Crippen LogP contribution >= 0.6 is 0 Å². The van der Waals surface area contributed by atoms with Gasteiger partial charge in [-0.25, -0.2) is 0 Å². The van der Waals surface area contributed by atoms with Gasteiger partial charge < -0.3 is 15.7 Å². The standard InChI is InChI=1S/C12H22N4O2/c1-3-5-6-15(7-8-17)12(18)11-10(13)9-16(4-2)14-11/h9,17H,3-8,13H2,1-2H3. The van der Waals surface area contributed by atoms with Crippen molar-refractivity contribution in [2.75, 3.05) is 25.4 Å². The first kappa shape index (κ1) is 14.5. The molecule has 1 rings (SSSR count). The predicted octanol–water partition coefficient (Wildman–Crippen LogP) is 0.720. The SMILES string of the molecule is CCCCN(CCO)C(=O)c1nn(CC)cc1N. The zero-order chi connectivity index (χ0) is 13.5. The van der Waals surface area contributed by atoms with Crippen LogP contribution in [0.2, 0.25) is 0 Å². The number of aromatic nitrogens is 2. The lowest BCUT2D eigenvalue weighted by atomic mass is 10.2. The van der Waals surface area contributed by atoms with Crippen molar-refractivity contribution in [3.05, 3.63) is 11.9 Å². The molecule has 102 valence electrons. The average Bonchev–Trinajstić information content (AvgIpc) is 2.75. The first-order valence-electron chi connectivity index (χ1n) is 6.37. The Balaban J connectivity index is 2.83. The first-order chi connectivity index (χ1) is 8.63. The van der Waals surface area contributed by atoms with Gasteiger partial charge >= 0.3 is 0 Å². The van der Waals surface area contributed by atoms with Gasteiger partial charge in [-0.1, -0.05) is 13.3 Å². The summed E-state index contributed by atoms with van der Waals surface area (Å²) >= 11 is 0. The molecule has 0 bridgehead atoms. The molecule has 0 fully saturated rings. The van der Waals surface area contributed by atoms with E-state index in [1.54, 1.807) is 15.8 Å². The zero-order valence-electron chi connectivity index (χ0n) is 11.1. The Hall–Kier alpha value is -1.56. The van der Waals surface area contributed by atoms with Crippen molar-refractivity contribution in [1.82, 2.24) is 14.7 Å². The Morgan fingerprint density at radius 2 is 2.22 bits per heavy atom. The van der Waals surface area contributed by atoms with Crippen LogP contribution in [0.1, 0.15) is 37.2 Å². The smallest absolute Gasteiger partial charge is 0.276 e.